The molecule has 0 aliphatic carbocycles. The third-order valence-corrected chi connectivity index (χ3v) is 3.06. The zero-order chi connectivity index (χ0) is 12.6. The number of halogens is 2. The van der Waals surface area contributed by atoms with E-state index in [9.17, 15) is 13.6 Å². The standard InChI is InChI=1S/C12H14F2N2O/c1-7(6-15)12(17)16-3-2-8-4-9(13)10(14)5-11(8)16/h4-5,7H,2-3,6,15H2,1H3. The van der Waals surface area contributed by atoms with Gasteiger partial charge in [-0.05, 0) is 18.1 Å². The van der Waals surface area contributed by atoms with Crippen molar-refractivity contribution in [1.82, 2.24) is 0 Å². The SMILES string of the molecule is CC(CN)C(=O)N1CCc2cc(F)c(F)cc21. The Morgan fingerprint density at radius 1 is 1.47 bits per heavy atom. The Morgan fingerprint density at radius 3 is 2.76 bits per heavy atom. The van der Waals surface area contributed by atoms with Gasteiger partial charge in [-0.15, -0.1) is 0 Å². The van der Waals surface area contributed by atoms with Crippen molar-refractivity contribution in [3.05, 3.63) is 29.3 Å². The molecule has 0 saturated carbocycles. The summed E-state index contributed by atoms with van der Waals surface area (Å²) in [7, 11) is 0. The topological polar surface area (TPSA) is 46.3 Å². The predicted molar refractivity (Wildman–Crippen MR) is 60.6 cm³/mol. The van der Waals surface area contributed by atoms with Crippen molar-refractivity contribution < 1.29 is 13.6 Å². The van der Waals surface area contributed by atoms with Crippen LogP contribution in [0.2, 0.25) is 0 Å². The minimum Gasteiger partial charge on any atom is -0.330 e. The molecular formula is C12H14F2N2O. The van der Waals surface area contributed by atoms with Crippen LogP contribution >= 0.6 is 0 Å². The van der Waals surface area contributed by atoms with Crippen LogP contribution in [0.5, 0.6) is 0 Å². The molecule has 2 rings (SSSR count). The third kappa shape index (κ3) is 2.02. The molecule has 5 heteroatoms. The fourth-order valence-corrected chi connectivity index (χ4v) is 1.98. The van der Waals surface area contributed by atoms with E-state index in [-0.39, 0.29) is 18.4 Å². The van der Waals surface area contributed by atoms with Gasteiger partial charge in [0, 0.05) is 25.1 Å². The Kier molecular flexibility index (Phi) is 3.11. The average molecular weight is 240 g/mol. The van der Waals surface area contributed by atoms with Crippen molar-refractivity contribution >= 4 is 11.6 Å². The number of rotatable bonds is 2. The molecule has 0 radical (unpaired) electrons. The van der Waals surface area contributed by atoms with Crippen LogP contribution in [0.4, 0.5) is 14.5 Å². The van der Waals surface area contributed by atoms with E-state index < -0.39 is 11.6 Å². The highest BCUT2D eigenvalue weighted by atomic mass is 19.2. The van der Waals surface area contributed by atoms with Gasteiger partial charge in [-0.2, -0.15) is 0 Å². The summed E-state index contributed by atoms with van der Waals surface area (Å²) >= 11 is 0. The van der Waals surface area contributed by atoms with Gasteiger partial charge < -0.3 is 10.6 Å². The van der Waals surface area contributed by atoms with Crippen molar-refractivity contribution in [2.24, 2.45) is 11.7 Å². The number of nitrogens with two attached hydrogens (primary N) is 1. The molecule has 1 aromatic rings. The highest BCUT2D eigenvalue weighted by Gasteiger charge is 2.28. The molecular weight excluding hydrogens is 226 g/mol. The summed E-state index contributed by atoms with van der Waals surface area (Å²) in [6.07, 6.45) is 0.551. The average Bonchev–Trinajstić information content (AvgIpc) is 2.70. The number of benzene rings is 1. The van der Waals surface area contributed by atoms with Crippen LogP contribution in [0.15, 0.2) is 12.1 Å². The van der Waals surface area contributed by atoms with E-state index in [4.69, 9.17) is 5.73 Å². The smallest absolute Gasteiger partial charge is 0.231 e. The zero-order valence-corrected chi connectivity index (χ0v) is 9.54. The van der Waals surface area contributed by atoms with Gasteiger partial charge in [0.15, 0.2) is 11.6 Å². The van der Waals surface area contributed by atoms with Gasteiger partial charge in [0.2, 0.25) is 5.91 Å². The number of carbonyl (C=O) groups is 1. The molecule has 92 valence electrons. The van der Waals surface area contributed by atoms with Gasteiger partial charge in [0.25, 0.3) is 0 Å². The zero-order valence-electron chi connectivity index (χ0n) is 9.54. The monoisotopic (exact) mass is 240 g/mol. The lowest BCUT2D eigenvalue weighted by Gasteiger charge is -2.20. The maximum atomic E-state index is 13.2. The van der Waals surface area contributed by atoms with Gasteiger partial charge in [0.1, 0.15) is 0 Å². The van der Waals surface area contributed by atoms with E-state index in [1.165, 1.54) is 4.90 Å². The number of hydrogen-bond acceptors (Lipinski definition) is 2. The molecule has 1 aliphatic rings. The minimum absolute atomic E-state index is 0.141. The lowest BCUT2D eigenvalue weighted by Crippen LogP contribution is -2.36. The number of amides is 1. The fraction of sp³-hybridized carbons (Fsp3) is 0.417. The Balaban J connectivity index is 2.34. The first-order valence-electron chi connectivity index (χ1n) is 5.54. The molecule has 0 fully saturated rings. The highest BCUT2D eigenvalue weighted by Crippen LogP contribution is 2.31. The summed E-state index contributed by atoms with van der Waals surface area (Å²) in [5.41, 5.74) is 6.57. The molecule has 1 heterocycles. The number of carbonyl (C=O) groups excluding carboxylic acids is 1. The van der Waals surface area contributed by atoms with Crippen LogP contribution in [-0.2, 0) is 11.2 Å². The van der Waals surface area contributed by atoms with E-state index in [2.05, 4.69) is 0 Å². The van der Waals surface area contributed by atoms with E-state index in [0.29, 0.717) is 24.2 Å². The molecule has 1 aliphatic heterocycles. The second-order valence-corrected chi connectivity index (χ2v) is 4.27. The van der Waals surface area contributed by atoms with E-state index in [1.807, 2.05) is 0 Å². The van der Waals surface area contributed by atoms with Gasteiger partial charge in [0.05, 0.1) is 5.69 Å². The van der Waals surface area contributed by atoms with Gasteiger partial charge in [-0.3, -0.25) is 4.79 Å². The summed E-state index contributed by atoms with van der Waals surface area (Å²) < 4.78 is 26.2. The molecule has 0 aromatic heterocycles. The van der Waals surface area contributed by atoms with Gasteiger partial charge in [-0.25, -0.2) is 8.78 Å². The number of anilines is 1. The van der Waals surface area contributed by atoms with Crippen molar-refractivity contribution in [1.29, 1.82) is 0 Å². The number of nitrogens with zero attached hydrogens (tertiary/aromatic N) is 1. The molecule has 0 bridgehead atoms. The lowest BCUT2D eigenvalue weighted by atomic mass is 10.1. The van der Waals surface area contributed by atoms with E-state index >= 15 is 0 Å². The summed E-state index contributed by atoms with van der Waals surface area (Å²) in [5, 5.41) is 0. The Morgan fingerprint density at radius 2 is 2.12 bits per heavy atom. The predicted octanol–water partition coefficient (Wildman–Crippen LogP) is 1.45. The van der Waals surface area contributed by atoms with Gasteiger partial charge >= 0.3 is 0 Å². The number of hydrogen-bond donors (Lipinski definition) is 1. The molecule has 0 spiro atoms. The van der Waals surface area contributed by atoms with Crippen LogP contribution in [-0.4, -0.2) is 19.0 Å². The largest absolute Gasteiger partial charge is 0.330 e. The first-order valence-corrected chi connectivity index (χ1v) is 5.54. The van der Waals surface area contributed by atoms with Crippen molar-refractivity contribution in [3.8, 4) is 0 Å². The van der Waals surface area contributed by atoms with Crippen LogP contribution < -0.4 is 10.6 Å². The van der Waals surface area contributed by atoms with Crippen LogP contribution in [0.3, 0.4) is 0 Å². The third-order valence-electron chi connectivity index (χ3n) is 3.06. The second-order valence-electron chi connectivity index (χ2n) is 4.27. The quantitative estimate of drug-likeness (QED) is 0.850. The minimum atomic E-state index is -0.927. The van der Waals surface area contributed by atoms with Crippen LogP contribution in [0, 0.1) is 17.6 Å². The molecule has 17 heavy (non-hydrogen) atoms. The first-order chi connectivity index (χ1) is 8.04. The summed E-state index contributed by atoms with van der Waals surface area (Å²) in [4.78, 5) is 13.4. The first kappa shape index (κ1) is 12.0. The fourth-order valence-electron chi connectivity index (χ4n) is 1.98. The highest BCUT2D eigenvalue weighted by molar-refractivity contribution is 5.96. The summed E-state index contributed by atoms with van der Waals surface area (Å²) in [6.45, 7) is 2.43. The van der Waals surface area contributed by atoms with Crippen molar-refractivity contribution in [3.63, 3.8) is 0 Å². The Bertz CT molecular complexity index is 462. The number of fused-ring (bicyclic) bond motifs is 1. The molecule has 1 amide bonds. The van der Waals surface area contributed by atoms with Gasteiger partial charge in [-0.1, -0.05) is 6.92 Å². The van der Waals surface area contributed by atoms with Crippen LogP contribution in [0.1, 0.15) is 12.5 Å². The maximum Gasteiger partial charge on any atom is 0.231 e. The molecule has 1 aromatic carbocycles. The summed E-state index contributed by atoms with van der Waals surface area (Å²) in [5.74, 6) is -2.25. The molecule has 0 saturated heterocycles. The molecule has 3 nitrogen and oxygen atoms in total. The van der Waals surface area contributed by atoms with Crippen molar-refractivity contribution in [2.45, 2.75) is 13.3 Å². The Labute approximate surface area is 98.2 Å². The normalized spacial score (nSPS) is 15.9. The maximum absolute atomic E-state index is 13.2. The van der Waals surface area contributed by atoms with Crippen LogP contribution in [0.25, 0.3) is 0 Å². The molecule has 2 N–H and O–H groups in total. The second kappa shape index (κ2) is 4.41. The lowest BCUT2D eigenvalue weighted by molar-refractivity contribution is -0.121. The Hall–Kier alpha value is -1.49. The van der Waals surface area contributed by atoms with E-state index in [1.54, 1.807) is 6.92 Å². The van der Waals surface area contributed by atoms with E-state index in [0.717, 1.165) is 12.1 Å². The van der Waals surface area contributed by atoms with Crippen molar-refractivity contribution in [2.75, 3.05) is 18.0 Å². The summed E-state index contributed by atoms with van der Waals surface area (Å²) in [6, 6.07) is 2.24. The molecule has 1 unspecified atom stereocenters. The molecule has 1 atom stereocenters.